The van der Waals surface area contributed by atoms with Gasteiger partial charge in [-0.05, 0) is 61.7 Å². The minimum Gasteiger partial charge on any atom is -0.368 e. The molecule has 1 saturated heterocycles. The second-order valence-electron chi connectivity index (χ2n) is 7.43. The molecule has 28 heavy (non-hydrogen) atoms. The summed E-state index contributed by atoms with van der Waals surface area (Å²) in [6.07, 6.45) is 1.83. The van der Waals surface area contributed by atoms with Gasteiger partial charge < -0.3 is 15.1 Å². The largest absolute Gasteiger partial charge is 0.368 e. The van der Waals surface area contributed by atoms with Crippen LogP contribution in [-0.4, -0.2) is 36.1 Å². The second-order valence-corrected chi connectivity index (χ2v) is 7.43. The first-order valence-electron chi connectivity index (χ1n) is 9.83. The zero-order valence-electron chi connectivity index (χ0n) is 16.8. The van der Waals surface area contributed by atoms with Gasteiger partial charge in [-0.3, -0.25) is 0 Å². The van der Waals surface area contributed by atoms with Gasteiger partial charge in [0.05, 0.1) is 0 Å². The molecule has 5 nitrogen and oxygen atoms in total. The molecule has 0 saturated carbocycles. The zero-order chi connectivity index (χ0) is 19.5. The number of aromatic nitrogens is 2. The van der Waals surface area contributed by atoms with Crippen LogP contribution in [0, 0.1) is 20.8 Å². The number of hydrogen-bond donors (Lipinski definition) is 1. The van der Waals surface area contributed by atoms with E-state index in [0.29, 0.717) is 5.95 Å². The topological polar surface area (TPSA) is 44.3 Å². The van der Waals surface area contributed by atoms with Crippen molar-refractivity contribution in [2.45, 2.75) is 20.8 Å². The van der Waals surface area contributed by atoms with Crippen LogP contribution in [0.4, 0.5) is 23.1 Å². The Morgan fingerprint density at radius 2 is 1.61 bits per heavy atom. The first kappa shape index (κ1) is 18.3. The van der Waals surface area contributed by atoms with Gasteiger partial charge in [0.25, 0.3) is 0 Å². The van der Waals surface area contributed by atoms with Gasteiger partial charge in [-0.15, -0.1) is 0 Å². The third kappa shape index (κ3) is 3.93. The predicted molar refractivity (Wildman–Crippen MR) is 117 cm³/mol. The molecule has 0 amide bonds. The van der Waals surface area contributed by atoms with Gasteiger partial charge in [0, 0.05) is 43.8 Å². The lowest BCUT2D eigenvalue weighted by Crippen LogP contribution is -2.47. The maximum Gasteiger partial charge on any atom is 0.229 e. The number of piperazine rings is 1. The standard InChI is InChI=1S/C23H27N5/c1-17-6-4-8-20(16-17)25-23-24-11-10-22(26-23)28-14-12-27(13-15-28)21-9-5-7-18(2)19(21)3/h4-11,16H,12-15H2,1-3H3,(H,24,25,26). The molecule has 0 aliphatic carbocycles. The number of rotatable bonds is 4. The van der Waals surface area contributed by atoms with E-state index in [4.69, 9.17) is 4.98 Å². The number of hydrogen-bond acceptors (Lipinski definition) is 5. The third-order valence-corrected chi connectivity index (χ3v) is 5.44. The van der Waals surface area contributed by atoms with Crippen molar-refractivity contribution in [3.8, 4) is 0 Å². The van der Waals surface area contributed by atoms with E-state index in [1.165, 1.54) is 22.4 Å². The Kier molecular flexibility index (Phi) is 5.15. The minimum absolute atomic E-state index is 0.639. The van der Waals surface area contributed by atoms with Crippen LogP contribution in [-0.2, 0) is 0 Å². The smallest absolute Gasteiger partial charge is 0.229 e. The molecule has 0 atom stereocenters. The molecular formula is C23H27N5. The maximum atomic E-state index is 4.74. The number of nitrogens with one attached hydrogen (secondary N) is 1. The van der Waals surface area contributed by atoms with Crippen LogP contribution in [0.5, 0.6) is 0 Å². The lowest BCUT2D eigenvalue weighted by Gasteiger charge is -2.37. The van der Waals surface area contributed by atoms with Gasteiger partial charge >= 0.3 is 0 Å². The monoisotopic (exact) mass is 373 g/mol. The lowest BCUT2D eigenvalue weighted by atomic mass is 10.1. The normalized spacial score (nSPS) is 14.2. The van der Waals surface area contributed by atoms with Crippen molar-refractivity contribution in [2.75, 3.05) is 41.3 Å². The highest BCUT2D eigenvalue weighted by Crippen LogP contribution is 2.25. The molecule has 5 heteroatoms. The van der Waals surface area contributed by atoms with E-state index in [9.17, 15) is 0 Å². The van der Waals surface area contributed by atoms with Crippen LogP contribution in [0.25, 0.3) is 0 Å². The average Bonchev–Trinajstić information content (AvgIpc) is 2.71. The average molecular weight is 374 g/mol. The Labute approximate surface area is 167 Å². The summed E-state index contributed by atoms with van der Waals surface area (Å²) < 4.78 is 0. The minimum atomic E-state index is 0.639. The van der Waals surface area contributed by atoms with Crippen molar-refractivity contribution < 1.29 is 0 Å². The van der Waals surface area contributed by atoms with Crippen molar-refractivity contribution in [3.05, 3.63) is 71.4 Å². The SMILES string of the molecule is Cc1cccc(Nc2nccc(N3CCN(c4cccc(C)c4C)CC3)n2)c1. The van der Waals surface area contributed by atoms with Gasteiger partial charge in [-0.2, -0.15) is 4.98 Å². The predicted octanol–water partition coefficient (Wildman–Crippen LogP) is 4.47. The fourth-order valence-corrected chi connectivity index (χ4v) is 3.69. The van der Waals surface area contributed by atoms with E-state index < -0.39 is 0 Å². The van der Waals surface area contributed by atoms with Crippen LogP contribution in [0.2, 0.25) is 0 Å². The summed E-state index contributed by atoms with van der Waals surface area (Å²) in [6, 6.07) is 16.8. The van der Waals surface area contributed by atoms with Gasteiger partial charge in [0.15, 0.2) is 0 Å². The van der Waals surface area contributed by atoms with E-state index in [0.717, 1.165) is 37.7 Å². The highest BCUT2D eigenvalue weighted by molar-refractivity contribution is 5.58. The highest BCUT2D eigenvalue weighted by atomic mass is 15.3. The molecule has 4 rings (SSSR count). The number of nitrogens with zero attached hydrogens (tertiary/aromatic N) is 4. The van der Waals surface area contributed by atoms with Crippen molar-refractivity contribution >= 4 is 23.1 Å². The van der Waals surface area contributed by atoms with Crippen LogP contribution >= 0.6 is 0 Å². The molecule has 1 fully saturated rings. The van der Waals surface area contributed by atoms with Crippen molar-refractivity contribution in [2.24, 2.45) is 0 Å². The van der Waals surface area contributed by atoms with Crippen LogP contribution < -0.4 is 15.1 Å². The number of benzene rings is 2. The molecule has 1 aliphatic rings. The van der Waals surface area contributed by atoms with Crippen molar-refractivity contribution in [3.63, 3.8) is 0 Å². The van der Waals surface area contributed by atoms with Crippen LogP contribution in [0.3, 0.4) is 0 Å². The maximum absolute atomic E-state index is 4.74. The Bertz CT molecular complexity index is 961. The molecule has 0 unspecified atom stereocenters. The summed E-state index contributed by atoms with van der Waals surface area (Å²) in [4.78, 5) is 13.9. The molecule has 144 valence electrons. The molecule has 2 heterocycles. The summed E-state index contributed by atoms with van der Waals surface area (Å²) in [5, 5.41) is 3.31. The molecular weight excluding hydrogens is 346 g/mol. The summed E-state index contributed by atoms with van der Waals surface area (Å²) in [5.41, 5.74) is 6.30. The molecule has 2 aromatic carbocycles. The Hall–Kier alpha value is -3.08. The van der Waals surface area contributed by atoms with Gasteiger partial charge in [-0.1, -0.05) is 24.3 Å². The van der Waals surface area contributed by atoms with E-state index in [1.54, 1.807) is 0 Å². The van der Waals surface area contributed by atoms with E-state index >= 15 is 0 Å². The molecule has 1 N–H and O–H groups in total. The quantitative estimate of drug-likeness (QED) is 0.731. The Balaban J connectivity index is 1.44. The zero-order valence-corrected chi connectivity index (χ0v) is 16.8. The Morgan fingerprint density at radius 1 is 0.857 bits per heavy atom. The van der Waals surface area contributed by atoms with Gasteiger partial charge in [-0.25, -0.2) is 4.98 Å². The Morgan fingerprint density at radius 3 is 2.39 bits per heavy atom. The first-order chi connectivity index (χ1) is 13.6. The van der Waals surface area contributed by atoms with Crippen LogP contribution in [0.15, 0.2) is 54.7 Å². The third-order valence-electron chi connectivity index (χ3n) is 5.44. The molecule has 0 spiro atoms. The van der Waals surface area contributed by atoms with Crippen molar-refractivity contribution in [1.29, 1.82) is 0 Å². The highest BCUT2D eigenvalue weighted by Gasteiger charge is 2.20. The van der Waals surface area contributed by atoms with Crippen molar-refractivity contribution in [1.82, 2.24) is 9.97 Å². The lowest BCUT2D eigenvalue weighted by molar-refractivity contribution is 0.646. The summed E-state index contributed by atoms with van der Waals surface area (Å²) in [7, 11) is 0. The molecule has 0 bridgehead atoms. The van der Waals surface area contributed by atoms with Gasteiger partial charge in [0.2, 0.25) is 5.95 Å². The summed E-state index contributed by atoms with van der Waals surface area (Å²) in [6.45, 7) is 10.4. The molecule has 1 aromatic heterocycles. The molecule has 0 radical (unpaired) electrons. The fourth-order valence-electron chi connectivity index (χ4n) is 3.69. The molecule has 3 aromatic rings. The number of aryl methyl sites for hydroxylation is 2. The number of anilines is 4. The van der Waals surface area contributed by atoms with E-state index in [1.807, 2.05) is 24.4 Å². The molecule has 1 aliphatic heterocycles. The second kappa shape index (κ2) is 7.89. The van der Waals surface area contributed by atoms with E-state index in [-0.39, 0.29) is 0 Å². The summed E-state index contributed by atoms with van der Waals surface area (Å²) >= 11 is 0. The fraction of sp³-hybridized carbons (Fsp3) is 0.304. The first-order valence-corrected chi connectivity index (χ1v) is 9.83. The van der Waals surface area contributed by atoms with E-state index in [2.05, 4.69) is 71.2 Å². The summed E-state index contributed by atoms with van der Waals surface area (Å²) in [5.74, 6) is 1.62. The van der Waals surface area contributed by atoms with Gasteiger partial charge in [0.1, 0.15) is 5.82 Å². The van der Waals surface area contributed by atoms with Crippen LogP contribution in [0.1, 0.15) is 16.7 Å².